The highest BCUT2D eigenvalue weighted by molar-refractivity contribution is 5.69. The summed E-state index contributed by atoms with van der Waals surface area (Å²) in [6.45, 7) is 9.63. The van der Waals surface area contributed by atoms with Gasteiger partial charge in [0.25, 0.3) is 0 Å². The second kappa shape index (κ2) is 10.1. The van der Waals surface area contributed by atoms with Crippen molar-refractivity contribution in [2.45, 2.75) is 53.1 Å². The van der Waals surface area contributed by atoms with E-state index in [1.807, 2.05) is 26.8 Å². The number of aryl methyl sites for hydroxylation is 2. The van der Waals surface area contributed by atoms with Crippen LogP contribution in [0.15, 0.2) is 6.07 Å². The molecule has 6 nitrogen and oxygen atoms in total. The van der Waals surface area contributed by atoms with E-state index in [4.69, 9.17) is 9.47 Å². The van der Waals surface area contributed by atoms with Crippen LogP contribution in [-0.2, 0) is 20.7 Å². The molecule has 0 aliphatic heterocycles. The fourth-order valence-corrected chi connectivity index (χ4v) is 1.92. The minimum atomic E-state index is -0.195. The average Bonchev–Trinajstić information content (AvgIpc) is 2.44. The van der Waals surface area contributed by atoms with Gasteiger partial charge in [0, 0.05) is 31.3 Å². The molecular weight excluding hydrogens is 282 g/mol. The van der Waals surface area contributed by atoms with Crippen LogP contribution >= 0.6 is 0 Å². The van der Waals surface area contributed by atoms with E-state index in [0.29, 0.717) is 25.3 Å². The first-order valence-electron chi connectivity index (χ1n) is 7.87. The molecule has 0 bridgehead atoms. The molecule has 1 N–H and O–H groups in total. The third-order valence-corrected chi connectivity index (χ3v) is 2.86. The highest BCUT2D eigenvalue weighted by atomic mass is 16.5. The second-order valence-corrected chi connectivity index (χ2v) is 5.30. The number of aromatic nitrogens is 2. The zero-order chi connectivity index (χ0) is 16.4. The Balaban J connectivity index is 2.42. The number of carbonyl (C=O) groups is 1. The predicted octanol–water partition coefficient (Wildman–Crippen LogP) is 2.51. The first-order valence-corrected chi connectivity index (χ1v) is 7.87. The quantitative estimate of drug-likeness (QED) is 0.529. The van der Waals surface area contributed by atoms with Crippen molar-refractivity contribution in [3.8, 4) is 0 Å². The molecule has 0 unspecified atom stereocenters. The number of carbonyl (C=O) groups excluding carboxylic acids is 1. The maximum absolute atomic E-state index is 11.4. The smallest absolute Gasteiger partial charge is 0.306 e. The van der Waals surface area contributed by atoms with Crippen molar-refractivity contribution in [3.63, 3.8) is 0 Å². The summed E-state index contributed by atoms with van der Waals surface area (Å²) in [6.07, 6.45) is 2.08. The van der Waals surface area contributed by atoms with E-state index in [1.165, 1.54) is 0 Å². The van der Waals surface area contributed by atoms with Gasteiger partial charge in [0.1, 0.15) is 11.6 Å². The molecule has 0 atom stereocenters. The minimum absolute atomic E-state index is 0.195. The van der Waals surface area contributed by atoms with Crippen molar-refractivity contribution in [1.29, 1.82) is 0 Å². The Morgan fingerprint density at radius 2 is 2.14 bits per heavy atom. The van der Waals surface area contributed by atoms with Gasteiger partial charge in [-0.15, -0.1) is 0 Å². The van der Waals surface area contributed by atoms with E-state index >= 15 is 0 Å². The predicted molar refractivity (Wildman–Crippen MR) is 85.9 cm³/mol. The molecule has 1 heterocycles. The van der Waals surface area contributed by atoms with Gasteiger partial charge in [-0.3, -0.25) is 4.79 Å². The van der Waals surface area contributed by atoms with E-state index in [9.17, 15) is 4.79 Å². The molecule has 22 heavy (non-hydrogen) atoms. The molecule has 0 spiro atoms. The van der Waals surface area contributed by atoms with E-state index in [1.54, 1.807) is 6.92 Å². The average molecular weight is 309 g/mol. The van der Waals surface area contributed by atoms with Crippen LogP contribution < -0.4 is 5.32 Å². The highest BCUT2D eigenvalue weighted by Gasteiger charge is 2.06. The molecule has 1 aromatic rings. The fraction of sp³-hybridized carbons (Fsp3) is 0.688. The van der Waals surface area contributed by atoms with Gasteiger partial charge in [0.05, 0.1) is 19.1 Å². The maximum atomic E-state index is 11.4. The van der Waals surface area contributed by atoms with Crippen molar-refractivity contribution in [3.05, 3.63) is 17.6 Å². The molecule has 0 saturated carbocycles. The van der Waals surface area contributed by atoms with Crippen LogP contribution in [-0.4, -0.2) is 41.8 Å². The lowest BCUT2D eigenvalue weighted by Gasteiger charge is -2.10. The number of ether oxygens (including phenoxy) is 2. The van der Waals surface area contributed by atoms with Crippen LogP contribution in [0.5, 0.6) is 0 Å². The Morgan fingerprint density at radius 3 is 2.82 bits per heavy atom. The van der Waals surface area contributed by atoms with Crippen molar-refractivity contribution >= 4 is 11.8 Å². The van der Waals surface area contributed by atoms with Gasteiger partial charge in [-0.2, -0.15) is 0 Å². The Bertz CT molecular complexity index is 464. The Labute approximate surface area is 132 Å². The molecule has 0 saturated heterocycles. The Hall–Kier alpha value is -1.69. The van der Waals surface area contributed by atoms with Crippen LogP contribution in [0.25, 0.3) is 0 Å². The molecule has 0 aliphatic rings. The monoisotopic (exact) mass is 309 g/mol. The molecule has 0 fully saturated rings. The Morgan fingerprint density at radius 1 is 1.36 bits per heavy atom. The zero-order valence-electron chi connectivity index (χ0n) is 14.0. The molecule has 1 aromatic heterocycles. The number of rotatable bonds is 10. The normalized spacial score (nSPS) is 10.8. The summed E-state index contributed by atoms with van der Waals surface area (Å²) in [6, 6.07) is 1.88. The minimum Gasteiger partial charge on any atom is -0.466 e. The van der Waals surface area contributed by atoms with Crippen LogP contribution in [0.1, 0.15) is 45.1 Å². The third kappa shape index (κ3) is 7.93. The summed E-state index contributed by atoms with van der Waals surface area (Å²) in [5.74, 6) is 1.29. The number of nitrogens with zero attached hydrogens (tertiary/aromatic N) is 2. The SMILES string of the molecule is CCOC(=O)CCc1cc(NCCCOC(C)C)nc(C)n1. The lowest BCUT2D eigenvalue weighted by Crippen LogP contribution is -2.11. The van der Waals surface area contributed by atoms with Crippen LogP contribution in [0.2, 0.25) is 0 Å². The number of esters is 1. The van der Waals surface area contributed by atoms with E-state index in [0.717, 1.165) is 31.1 Å². The number of anilines is 1. The second-order valence-electron chi connectivity index (χ2n) is 5.30. The molecule has 0 radical (unpaired) electrons. The standard InChI is InChI=1S/C16H27N3O3/c1-5-21-16(20)8-7-14-11-15(19-13(4)18-14)17-9-6-10-22-12(2)3/h11-12H,5-10H2,1-4H3,(H,17,18,19). The summed E-state index contributed by atoms with van der Waals surface area (Å²) in [5.41, 5.74) is 0.849. The third-order valence-electron chi connectivity index (χ3n) is 2.86. The van der Waals surface area contributed by atoms with Crippen LogP contribution in [0.4, 0.5) is 5.82 Å². The molecular formula is C16H27N3O3. The first kappa shape index (κ1) is 18.4. The largest absolute Gasteiger partial charge is 0.466 e. The highest BCUT2D eigenvalue weighted by Crippen LogP contribution is 2.09. The molecule has 0 aromatic carbocycles. The van der Waals surface area contributed by atoms with Gasteiger partial charge in [0.2, 0.25) is 0 Å². The zero-order valence-corrected chi connectivity index (χ0v) is 14.0. The Kier molecular flexibility index (Phi) is 8.43. The van der Waals surface area contributed by atoms with E-state index in [-0.39, 0.29) is 12.1 Å². The summed E-state index contributed by atoms with van der Waals surface area (Å²) < 4.78 is 10.4. The van der Waals surface area contributed by atoms with Gasteiger partial charge in [-0.25, -0.2) is 9.97 Å². The first-order chi connectivity index (χ1) is 10.5. The molecule has 0 amide bonds. The number of nitrogens with one attached hydrogen (secondary N) is 1. The van der Waals surface area contributed by atoms with Crippen LogP contribution in [0.3, 0.4) is 0 Å². The van der Waals surface area contributed by atoms with Crippen LogP contribution in [0, 0.1) is 6.92 Å². The van der Waals surface area contributed by atoms with E-state index in [2.05, 4.69) is 15.3 Å². The number of hydrogen-bond donors (Lipinski definition) is 1. The number of hydrogen-bond acceptors (Lipinski definition) is 6. The van der Waals surface area contributed by atoms with E-state index < -0.39 is 0 Å². The summed E-state index contributed by atoms with van der Waals surface area (Å²) in [7, 11) is 0. The van der Waals surface area contributed by atoms with Crippen molar-refractivity contribution < 1.29 is 14.3 Å². The molecule has 1 rings (SSSR count). The van der Waals surface area contributed by atoms with Crippen molar-refractivity contribution in [2.24, 2.45) is 0 Å². The van der Waals surface area contributed by atoms with Gasteiger partial charge in [-0.1, -0.05) is 0 Å². The summed E-state index contributed by atoms with van der Waals surface area (Å²) in [5, 5.41) is 3.27. The summed E-state index contributed by atoms with van der Waals surface area (Å²) >= 11 is 0. The van der Waals surface area contributed by atoms with Gasteiger partial charge < -0.3 is 14.8 Å². The van der Waals surface area contributed by atoms with Gasteiger partial charge in [0.15, 0.2) is 0 Å². The lowest BCUT2D eigenvalue weighted by atomic mass is 10.2. The molecule has 6 heteroatoms. The molecule has 0 aliphatic carbocycles. The molecule has 124 valence electrons. The fourth-order valence-electron chi connectivity index (χ4n) is 1.92. The van der Waals surface area contributed by atoms with Crippen molar-refractivity contribution in [2.75, 3.05) is 25.1 Å². The maximum Gasteiger partial charge on any atom is 0.306 e. The van der Waals surface area contributed by atoms with Crippen molar-refractivity contribution in [1.82, 2.24) is 9.97 Å². The lowest BCUT2D eigenvalue weighted by molar-refractivity contribution is -0.143. The van der Waals surface area contributed by atoms with Gasteiger partial charge in [-0.05, 0) is 34.1 Å². The van der Waals surface area contributed by atoms with Gasteiger partial charge >= 0.3 is 5.97 Å². The topological polar surface area (TPSA) is 73.3 Å². The summed E-state index contributed by atoms with van der Waals surface area (Å²) in [4.78, 5) is 20.1.